The van der Waals surface area contributed by atoms with Gasteiger partial charge in [0.05, 0.1) is 0 Å². The average molecular weight is 376 g/mol. The van der Waals surface area contributed by atoms with E-state index in [2.05, 4.69) is 27.2 Å². The normalized spacial score (nSPS) is 10.2. The van der Waals surface area contributed by atoms with Crippen LogP contribution in [0, 0.1) is 5.82 Å². The van der Waals surface area contributed by atoms with Crippen molar-refractivity contribution in [2.24, 2.45) is 0 Å². The molecule has 1 aromatic heterocycles. The van der Waals surface area contributed by atoms with Gasteiger partial charge in [-0.15, -0.1) is 6.58 Å². The fraction of sp³-hybridized carbons (Fsp3) is 0.176. The minimum Gasteiger partial charge on any atom is -0.314 e. The van der Waals surface area contributed by atoms with Gasteiger partial charge in [-0.1, -0.05) is 24.8 Å². The van der Waals surface area contributed by atoms with Crippen molar-refractivity contribution >= 4 is 35.1 Å². The van der Waals surface area contributed by atoms with Gasteiger partial charge in [-0.3, -0.25) is 19.4 Å². The zero-order valence-corrected chi connectivity index (χ0v) is 14.8. The second kappa shape index (κ2) is 8.95. The molecule has 0 radical (unpaired) electrons. The Kier molecular flexibility index (Phi) is 6.67. The molecule has 0 fully saturated rings. The van der Waals surface area contributed by atoms with Crippen molar-refractivity contribution in [1.29, 1.82) is 0 Å². The summed E-state index contributed by atoms with van der Waals surface area (Å²) >= 11 is 1.22. The van der Waals surface area contributed by atoms with Crippen LogP contribution in [0.25, 0.3) is 0 Å². The highest BCUT2D eigenvalue weighted by molar-refractivity contribution is 7.99. The summed E-state index contributed by atoms with van der Waals surface area (Å²) in [6.45, 7) is 5.23. The number of thioether (sulfide) groups is 1. The summed E-state index contributed by atoms with van der Waals surface area (Å²) in [5.41, 5.74) is -0.652. The monoisotopic (exact) mass is 376 g/mol. The maximum Gasteiger partial charge on any atom is 0.277 e. The molecule has 1 heterocycles. The summed E-state index contributed by atoms with van der Waals surface area (Å²) in [6.07, 6.45) is 1.81. The van der Waals surface area contributed by atoms with Crippen molar-refractivity contribution in [3.05, 3.63) is 58.7 Å². The van der Waals surface area contributed by atoms with Gasteiger partial charge in [0.25, 0.3) is 11.5 Å². The van der Waals surface area contributed by atoms with Gasteiger partial charge < -0.3 is 10.6 Å². The molecule has 0 aliphatic rings. The number of rotatable bonds is 7. The lowest BCUT2D eigenvalue weighted by Gasteiger charge is -2.11. The van der Waals surface area contributed by atoms with E-state index in [1.54, 1.807) is 13.0 Å². The highest BCUT2D eigenvalue weighted by Crippen LogP contribution is 2.20. The Labute approximate surface area is 153 Å². The van der Waals surface area contributed by atoms with Crippen LogP contribution in [-0.2, 0) is 4.79 Å². The van der Waals surface area contributed by atoms with Crippen LogP contribution >= 0.6 is 11.8 Å². The zero-order valence-electron chi connectivity index (χ0n) is 14.0. The largest absolute Gasteiger partial charge is 0.314 e. The molecule has 2 aromatic rings. The van der Waals surface area contributed by atoms with Gasteiger partial charge >= 0.3 is 0 Å². The van der Waals surface area contributed by atoms with Crippen LogP contribution < -0.4 is 16.2 Å². The fourth-order valence-corrected chi connectivity index (χ4v) is 2.47. The summed E-state index contributed by atoms with van der Waals surface area (Å²) in [6, 6.07) is 4.83. The van der Waals surface area contributed by atoms with Gasteiger partial charge in [0, 0.05) is 17.7 Å². The number of benzene rings is 1. The van der Waals surface area contributed by atoms with Crippen LogP contribution in [0.2, 0.25) is 0 Å². The molecule has 0 bridgehead atoms. The van der Waals surface area contributed by atoms with Crippen LogP contribution in [0.3, 0.4) is 0 Å². The van der Waals surface area contributed by atoms with Crippen molar-refractivity contribution in [1.82, 2.24) is 9.97 Å². The Morgan fingerprint density at radius 3 is 2.62 bits per heavy atom. The van der Waals surface area contributed by atoms with Gasteiger partial charge in [0.2, 0.25) is 5.91 Å². The van der Waals surface area contributed by atoms with Gasteiger partial charge in [-0.25, -0.2) is 9.37 Å². The van der Waals surface area contributed by atoms with Crippen molar-refractivity contribution in [3.63, 3.8) is 0 Å². The molecule has 0 aliphatic carbocycles. The first kappa shape index (κ1) is 19.4. The maximum absolute atomic E-state index is 13.0. The van der Waals surface area contributed by atoms with E-state index >= 15 is 0 Å². The second-order valence-electron chi connectivity index (χ2n) is 5.06. The minimum absolute atomic E-state index is 0.0531. The summed E-state index contributed by atoms with van der Waals surface area (Å²) in [5.74, 6) is -1.02. The zero-order chi connectivity index (χ0) is 19.1. The Morgan fingerprint density at radius 1 is 1.31 bits per heavy atom. The Morgan fingerprint density at radius 2 is 2.00 bits per heavy atom. The first-order valence-electron chi connectivity index (χ1n) is 7.69. The SMILES string of the molecule is C=CCSc1nc(NC(=O)CC)c(NC(=O)c2ccc(F)cc2)c(=O)[nH]1. The van der Waals surface area contributed by atoms with Crippen LogP contribution in [0.4, 0.5) is 15.9 Å². The van der Waals surface area contributed by atoms with Gasteiger partial charge in [0.1, 0.15) is 5.82 Å². The minimum atomic E-state index is -0.629. The predicted octanol–water partition coefficient (Wildman–Crippen LogP) is 2.79. The van der Waals surface area contributed by atoms with Gasteiger partial charge in [-0.05, 0) is 24.3 Å². The number of amides is 2. The molecule has 0 saturated carbocycles. The lowest BCUT2D eigenvalue weighted by atomic mass is 10.2. The molecule has 0 saturated heterocycles. The number of H-pyrrole nitrogens is 1. The van der Waals surface area contributed by atoms with E-state index in [9.17, 15) is 18.8 Å². The molecule has 9 heteroatoms. The standard InChI is InChI=1S/C17H17FN4O3S/c1-3-9-26-17-21-14(19-12(23)4-2)13(16(25)22-17)20-15(24)10-5-7-11(18)8-6-10/h3,5-8H,1,4,9H2,2H3,(H,20,24)(H2,19,21,22,23,25). The summed E-state index contributed by atoms with van der Waals surface area (Å²) in [5, 5.41) is 5.19. The predicted molar refractivity (Wildman–Crippen MR) is 99.1 cm³/mol. The fourth-order valence-electron chi connectivity index (χ4n) is 1.87. The van der Waals surface area contributed by atoms with Crippen LogP contribution in [-0.4, -0.2) is 27.5 Å². The number of aromatic amines is 1. The quantitative estimate of drug-likeness (QED) is 0.392. The number of carbonyl (C=O) groups is 2. The summed E-state index contributed by atoms with van der Waals surface area (Å²) in [7, 11) is 0. The Bertz CT molecular complexity index is 881. The number of hydrogen-bond acceptors (Lipinski definition) is 5. The van der Waals surface area contributed by atoms with E-state index < -0.39 is 17.3 Å². The van der Waals surface area contributed by atoms with Crippen molar-refractivity contribution < 1.29 is 14.0 Å². The summed E-state index contributed by atoms with van der Waals surface area (Å²) in [4.78, 5) is 43.1. The van der Waals surface area contributed by atoms with E-state index in [0.717, 1.165) is 12.1 Å². The Balaban J connectivity index is 2.36. The van der Waals surface area contributed by atoms with Gasteiger partial charge in [-0.2, -0.15) is 0 Å². The number of anilines is 2. The molecule has 0 unspecified atom stereocenters. The van der Waals surface area contributed by atoms with E-state index in [1.165, 1.54) is 23.9 Å². The lowest BCUT2D eigenvalue weighted by Crippen LogP contribution is -2.25. The van der Waals surface area contributed by atoms with Crippen LogP contribution in [0.15, 0.2) is 46.9 Å². The number of halogens is 1. The average Bonchev–Trinajstić information content (AvgIpc) is 2.63. The molecule has 2 rings (SSSR count). The highest BCUT2D eigenvalue weighted by atomic mass is 32.2. The number of aromatic nitrogens is 2. The second-order valence-corrected chi connectivity index (χ2v) is 6.07. The molecule has 26 heavy (non-hydrogen) atoms. The third-order valence-electron chi connectivity index (χ3n) is 3.16. The number of nitrogens with zero attached hydrogens (tertiary/aromatic N) is 1. The topological polar surface area (TPSA) is 104 Å². The summed E-state index contributed by atoms with van der Waals surface area (Å²) < 4.78 is 13.0. The molecule has 7 nitrogen and oxygen atoms in total. The van der Waals surface area contributed by atoms with Crippen molar-refractivity contribution in [3.8, 4) is 0 Å². The lowest BCUT2D eigenvalue weighted by molar-refractivity contribution is -0.115. The van der Waals surface area contributed by atoms with E-state index in [4.69, 9.17) is 0 Å². The Hall–Kier alpha value is -2.94. The molecule has 136 valence electrons. The van der Waals surface area contributed by atoms with E-state index in [0.29, 0.717) is 5.75 Å². The molecular formula is C17H17FN4O3S. The molecule has 3 N–H and O–H groups in total. The van der Waals surface area contributed by atoms with E-state index in [1.807, 2.05) is 0 Å². The van der Waals surface area contributed by atoms with Crippen molar-refractivity contribution in [2.75, 3.05) is 16.4 Å². The first-order chi connectivity index (χ1) is 12.4. The molecule has 2 amide bonds. The van der Waals surface area contributed by atoms with Crippen LogP contribution in [0.5, 0.6) is 0 Å². The molecule has 0 atom stereocenters. The third kappa shape index (κ3) is 5.03. The van der Waals surface area contributed by atoms with Gasteiger partial charge in [0.15, 0.2) is 16.7 Å². The molecular weight excluding hydrogens is 359 g/mol. The maximum atomic E-state index is 13.0. The highest BCUT2D eigenvalue weighted by Gasteiger charge is 2.17. The first-order valence-corrected chi connectivity index (χ1v) is 8.68. The van der Waals surface area contributed by atoms with E-state index in [-0.39, 0.29) is 34.6 Å². The molecule has 0 spiro atoms. The molecule has 1 aromatic carbocycles. The van der Waals surface area contributed by atoms with Crippen LogP contribution in [0.1, 0.15) is 23.7 Å². The number of nitrogens with one attached hydrogen (secondary N) is 3. The molecule has 0 aliphatic heterocycles. The third-order valence-corrected chi connectivity index (χ3v) is 4.03. The number of carbonyl (C=O) groups excluding carboxylic acids is 2. The van der Waals surface area contributed by atoms with Crippen molar-refractivity contribution in [2.45, 2.75) is 18.5 Å². The smallest absolute Gasteiger partial charge is 0.277 e. The number of hydrogen-bond donors (Lipinski definition) is 3.